The SMILES string of the molecule is Cc1cccc(OCCNC(=O)COC(=O)/C=C/c2ccccc2Br)c1. The van der Waals surface area contributed by atoms with Crippen LogP contribution in [0.2, 0.25) is 0 Å². The molecule has 6 heteroatoms. The van der Waals surface area contributed by atoms with E-state index >= 15 is 0 Å². The Morgan fingerprint density at radius 1 is 1.15 bits per heavy atom. The first kappa shape index (κ1) is 19.7. The summed E-state index contributed by atoms with van der Waals surface area (Å²) >= 11 is 3.39. The largest absolute Gasteiger partial charge is 0.492 e. The van der Waals surface area contributed by atoms with Crippen LogP contribution in [-0.2, 0) is 14.3 Å². The number of amides is 1. The number of carbonyl (C=O) groups is 2. The summed E-state index contributed by atoms with van der Waals surface area (Å²) in [4.78, 5) is 23.3. The smallest absolute Gasteiger partial charge is 0.331 e. The molecule has 0 aromatic heterocycles. The summed E-state index contributed by atoms with van der Waals surface area (Å²) < 4.78 is 11.3. The van der Waals surface area contributed by atoms with Gasteiger partial charge in [0.2, 0.25) is 0 Å². The average molecular weight is 418 g/mol. The maximum absolute atomic E-state index is 11.7. The first-order chi connectivity index (χ1) is 12.5. The number of hydrogen-bond acceptors (Lipinski definition) is 4. The van der Waals surface area contributed by atoms with Crippen molar-refractivity contribution in [3.8, 4) is 5.75 Å². The van der Waals surface area contributed by atoms with E-state index in [2.05, 4.69) is 21.2 Å². The predicted octanol–water partition coefficient (Wildman–Crippen LogP) is 3.51. The van der Waals surface area contributed by atoms with Gasteiger partial charge in [-0.05, 0) is 42.3 Å². The third kappa shape index (κ3) is 7.11. The zero-order chi connectivity index (χ0) is 18.8. The van der Waals surface area contributed by atoms with E-state index < -0.39 is 5.97 Å². The van der Waals surface area contributed by atoms with Crippen LogP contribution in [0.3, 0.4) is 0 Å². The lowest BCUT2D eigenvalue weighted by Crippen LogP contribution is -2.31. The number of rotatable bonds is 8. The summed E-state index contributed by atoms with van der Waals surface area (Å²) in [5.74, 6) is -0.199. The van der Waals surface area contributed by atoms with E-state index in [1.165, 1.54) is 6.08 Å². The topological polar surface area (TPSA) is 64.6 Å². The molecular formula is C20H20BrNO4. The van der Waals surface area contributed by atoms with Crippen LogP contribution < -0.4 is 10.1 Å². The van der Waals surface area contributed by atoms with Crippen LogP contribution in [0.15, 0.2) is 59.1 Å². The van der Waals surface area contributed by atoms with Crippen molar-refractivity contribution in [2.75, 3.05) is 19.8 Å². The Morgan fingerprint density at radius 3 is 2.73 bits per heavy atom. The summed E-state index contributed by atoms with van der Waals surface area (Å²) in [6.07, 6.45) is 2.91. The fourth-order valence-corrected chi connectivity index (χ4v) is 2.49. The zero-order valence-corrected chi connectivity index (χ0v) is 16.0. The summed E-state index contributed by atoms with van der Waals surface area (Å²) in [6.45, 7) is 2.32. The van der Waals surface area contributed by atoms with Crippen LogP contribution in [0.1, 0.15) is 11.1 Å². The number of esters is 1. The molecular weight excluding hydrogens is 398 g/mol. The Balaban J connectivity index is 1.63. The minimum absolute atomic E-state index is 0.330. The summed E-state index contributed by atoms with van der Waals surface area (Å²) in [5.41, 5.74) is 1.95. The highest BCUT2D eigenvalue weighted by Gasteiger charge is 2.05. The van der Waals surface area contributed by atoms with Crippen molar-refractivity contribution in [2.24, 2.45) is 0 Å². The van der Waals surface area contributed by atoms with Crippen molar-refractivity contribution in [1.82, 2.24) is 5.32 Å². The van der Waals surface area contributed by atoms with Crippen LogP contribution in [-0.4, -0.2) is 31.6 Å². The Bertz CT molecular complexity index is 789. The monoisotopic (exact) mass is 417 g/mol. The normalized spacial score (nSPS) is 10.5. The molecule has 2 rings (SSSR count). The van der Waals surface area contributed by atoms with Crippen molar-refractivity contribution in [2.45, 2.75) is 6.92 Å². The van der Waals surface area contributed by atoms with Crippen molar-refractivity contribution in [1.29, 1.82) is 0 Å². The summed E-state index contributed by atoms with van der Waals surface area (Å²) in [7, 11) is 0. The van der Waals surface area contributed by atoms with Gasteiger partial charge in [-0.1, -0.05) is 46.3 Å². The zero-order valence-electron chi connectivity index (χ0n) is 14.4. The minimum atomic E-state index is -0.577. The van der Waals surface area contributed by atoms with E-state index in [-0.39, 0.29) is 12.5 Å². The number of hydrogen-bond donors (Lipinski definition) is 1. The van der Waals surface area contributed by atoms with Gasteiger partial charge in [-0.3, -0.25) is 4.79 Å². The molecule has 2 aromatic carbocycles. The third-order valence-corrected chi connectivity index (χ3v) is 4.05. The number of benzene rings is 2. The first-order valence-corrected chi connectivity index (χ1v) is 8.89. The number of aryl methyl sites for hydroxylation is 1. The molecule has 0 unspecified atom stereocenters. The summed E-state index contributed by atoms with van der Waals surface area (Å²) in [6, 6.07) is 15.1. The fourth-order valence-electron chi connectivity index (χ4n) is 2.07. The van der Waals surface area contributed by atoms with E-state index in [0.29, 0.717) is 13.2 Å². The molecule has 1 amide bonds. The number of halogens is 1. The summed E-state index contributed by atoms with van der Waals surface area (Å²) in [5, 5.41) is 2.63. The molecule has 0 fully saturated rings. The Hall–Kier alpha value is -2.60. The Labute approximate surface area is 161 Å². The quantitative estimate of drug-likeness (QED) is 0.405. The molecule has 0 bridgehead atoms. The van der Waals surface area contributed by atoms with Crippen LogP contribution >= 0.6 is 15.9 Å². The molecule has 0 heterocycles. The van der Waals surface area contributed by atoms with Crippen molar-refractivity contribution >= 4 is 33.9 Å². The van der Waals surface area contributed by atoms with Gasteiger partial charge in [0.15, 0.2) is 6.61 Å². The van der Waals surface area contributed by atoms with Gasteiger partial charge in [-0.25, -0.2) is 4.79 Å². The molecule has 0 aliphatic carbocycles. The number of carbonyl (C=O) groups excluding carboxylic acids is 2. The van der Waals surface area contributed by atoms with Gasteiger partial charge in [-0.2, -0.15) is 0 Å². The maximum Gasteiger partial charge on any atom is 0.331 e. The van der Waals surface area contributed by atoms with E-state index in [1.54, 1.807) is 6.08 Å². The lowest BCUT2D eigenvalue weighted by atomic mass is 10.2. The lowest BCUT2D eigenvalue weighted by molar-refractivity contribution is -0.143. The van der Waals surface area contributed by atoms with E-state index in [1.807, 2.05) is 55.5 Å². The average Bonchev–Trinajstić information content (AvgIpc) is 2.63. The van der Waals surface area contributed by atoms with Crippen molar-refractivity contribution < 1.29 is 19.1 Å². The number of nitrogens with one attached hydrogen (secondary N) is 1. The van der Waals surface area contributed by atoms with E-state index in [4.69, 9.17) is 9.47 Å². The molecule has 0 saturated carbocycles. The molecule has 1 N–H and O–H groups in total. The molecule has 0 spiro atoms. The van der Waals surface area contributed by atoms with E-state index in [0.717, 1.165) is 21.3 Å². The lowest BCUT2D eigenvalue weighted by Gasteiger charge is -2.08. The maximum atomic E-state index is 11.7. The fraction of sp³-hybridized carbons (Fsp3) is 0.200. The third-order valence-electron chi connectivity index (χ3n) is 3.33. The van der Waals surface area contributed by atoms with Crippen LogP contribution in [0, 0.1) is 6.92 Å². The Morgan fingerprint density at radius 2 is 1.96 bits per heavy atom. The molecule has 0 radical (unpaired) electrons. The van der Waals surface area contributed by atoms with Crippen LogP contribution in [0.25, 0.3) is 6.08 Å². The second-order valence-electron chi connectivity index (χ2n) is 5.48. The van der Waals surface area contributed by atoms with Gasteiger partial charge < -0.3 is 14.8 Å². The first-order valence-electron chi connectivity index (χ1n) is 8.10. The molecule has 0 atom stereocenters. The van der Waals surface area contributed by atoms with E-state index in [9.17, 15) is 9.59 Å². The molecule has 2 aromatic rings. The van der Waals surface area contributed by atoms with Crippen molar-refractivity contribution in [3.05, 3.63) is 70.2 Å². The molecule has 0 aliphatic heterocycles. The highest BCUT2D eigenvalue weighted by atomic mass is 79.9. The highest BCUT2D eigenvalue weighted by molar-refractivity contribution is 9.10. The molecule has 26 heavy (non-hydrogen) atoms. The van der Waals surface area contributed by atoms with Crippen LogP contribution in [0.5, 0.6) is 5.75 Å². The second kappa shape index (κ2) is 10.4. The molecule has 0 aliphatic rings. The highest BCUT2D eigenvalue weighted by Crippen LogP contribution is 2.17. The molecule has 5 nitrogen and oxygen atoms in total. The van der Waals surface area contributed by atoms with Gasteiger partial charge in [-0.15, -0.1) is 0 Å². The standard InChI is InChI=1S/C20H20BrNO4/c1-15-5-4-7-17(13-15)25-12-11-22-19(23)14-26-20(24)10-9-16-6-2-3-8-18(16)21/h2-10,13H,11-12,14H2,1H3,(H,22,23)/b10-9+. The van der Waals surface area contributed by atoms with Gasteiger partial charge in [0, 0.05) is 10.5 Å². The van der Waals surface area contributed by atoms with Gasteiger partial charge in [0.1, 0.15) is 12.4 Å². The second-order valence-corrected chi connectivity index (χ2v) is 6.33. The van der Waals surface area contributed by atoms with Gasteiger partial charge >= 0.3 is 5.97 Å². The van der Waals surface area contributed by atoms with Gasteiger partial charge in [0.05, 0.1) is 6.54 Å². The van der Waals surface area contributed by atoms with Crippen LogP contribution in [0.4, 0.5) is 0 Å². The predicted molar refractivity (Wildman–Crippen MR) is 104 cm³/mol. The van der Waals surface area contributed by atoms with Crippen molar-refractivity contribution in [3.63, 3.8) is 0 Å². The minimum Gasteiger partial charge on any atom is -0.492 e. The Kier molecular flexibility index (Phi) is 7.89. The molecule has 0 saturated heterocycles. The number of ether oxygens (including phenoxy) is 2. The van der Waals surface area contributed by atoms with Gasteiger partial charge in [0.25, 0.3) is 5.91 Å². The molecule has 136 valence electrons.